The van der Waals surface area contributed by atoms with E-state index in [0.717, 1.165) is 14.2 Å². The molecule has 1 aliphatic heterocycles. The van der Waals surface area contributed by atoms with Crippen molar-refractivity contribution in [1.29, 1.82) is 5.26 Å². The second kappa shape index (κ2) is 12.2. The van der Waals surface area contributed by atoms with Crippen LogP contribution in [-0.2, 0) is 25.2 Å². The van der Waals surface area contributed by atoms with Gasteiger partial charge in [0.1, 0.15) is 23.1 Å². The smallest absolute Gasteiger partial charge is 0.416 e. The Morgan fingerprint density at radius 1 is 0.955 bits per heavy atom. The van der Waals surface area contributed by atoms with Crippen molar-refractivity contribution in [2.75, 3.05) is 19.1 Å². The van der Waals surface area contributed by atoms with E-state index < -0.39 is 86.3 Å². The molecule has 44 heavy (non-hydrogen) atoms. The fraction of sp³-hybridized carbons (Fsp3) is 0.138. The minimum atomic E-state index is -5.08. The van der Waals surface area contributed by atoms with Gasteiger partial charge in [-0.1, -0.05) is 41.9 Å². The van der Waals surface area contributed by atoms with Gasteiger partial charge in [-0.3, -0.25) is 4.90 Å². The topological polar surface area (TPSA) is 115 Å². The molecule has 1 aliphatic rings. The molecule has 15 heteroatoms. The van der Waals surface area contributed by atoms with Crippen LogP contribution in [0.15, 0.2) is 77.3 Å². The number of methoxy groups -OCH3 is 2. The average molecular weight is 638 g/mol. The van der Waals surface area contributed by atoms with Crippen molar-refractivity contribution in [2.24, 2.45) is 5.73 Å². The Kier molecular flexibility index (Phi) is 8.82. The van der Waals surface area contributed by atoms with Gasteiger partial charge in [-0.05, 0) is 23.8 Å². The molecule has 3 aromatic carbocycles. The third-order valence-electron chi connectivity index (χ3n) is 6.39. The summed E-state index contributed by atoms with van der Waals surface area (Å²) in [4.78, 5) is 27.0. The number of carbonyl (C=O) groups is 2. The number of nitriles is 1. The summed E-state index contributed by atoms with van der Waals surface area (Å²) < 4.78 is 98.6. The maximum absolute atomic E-state index is 15.6. The number of ether oxygens (including phenoxy) is 3. The summed E-state index contributed by atoms with van der Waals surface area (Å²) in [6.07, 6.45) is -5.08. The van der Waals surface area contributed by atoms with Crippen LogP contribution in [0.2, 0.25) is 5.02 Å². The first-order valence-electron chi connectivity index (χ1n) is 12.1. The lowest BCUT2D eigenvalue weighted by atomic mass is 9.81. The van der Waals surface area contributed by atoms with E-state index >= 15 is 4.39 Å². The second-order valence-corrected chi connectivity index (χ2v) is 9.35. The van der Waals surface area contributed by atoms with E-state index in [1.54, 1.807) is 18.2 Å². The second-order valence-electron chi connectivity index (χ2n) is 8.94. The van der Waals surface area contributed by atoms with Gasteiger partial charge >= 0.3 is 18.1 Å². The molecule has 1 atom stereocenters. The molecule has 2 N–H and O–H groups in total. The molecule has 0 saturated carbocycles. The van der Waals surface area contributed by atoms with Crippen LogP contribution in [0.4, 0.5) is 32.0 Å². The molecule has 0 saturated heterocycles. The first-order valence-corrected chi connectivity index (χ1v) is 12.5. The fourth-order valence-corrected chi connectivity index (χ4v) is 4.65. The van der Waals surface area contributed by atoms with Crippen LogP contribution in [-0.4, -0.2) is 26.2 Å². The predicted molar refractivity (Wildman–Crippen MR) is 142 cm³/mol. The van der Waals surface area contributed by atoms with Crippen LogP contribution in [0.25, 0.3) is 0 Å². The zero-order chi connectivity index (χ0) is 32.5. The number of esters is 2. The molecular formula is C29H18ClF6N3O5. The molecular weight excluding hydrogens is 620 g/mol. The van der Waals surface area contributed by atoms with Crippen molar-refractivity contribution in [2.45, 2.75) is 12.1 Å². The zero-order valence-corrected chi connectivity index (χ0v) is 23.2. The number of hydrogen-bond acceptors (Lipinski definition) is 8. The number of anilines is 1. The first kappa shape index (κ1) is 31.8. The molecule has 8 nitrogen and oxygen atoms in total. The number of rotatable bonds is 6. The van der Waals surface area contributed by atoms with Crippen LogP contribution in [0.5, 0.6) is 11.5 Å². The van der Waals surface area contributed by atoms with Gasteiger partial charge < -0.3 is 19.9 Å². The summed E-state index contributed by atoms with van der Waals surface area (Å²) in [5.74, 6) is -11.0. The normalized spacial score (nSPS) is 15.2. The van der Waals surface area contributed by atoms with Crippen LogP contribution in [0, 0.1) is 28.8 Å². The number of benzene rings is 3. The van der Waals surface area contributed by atoms with Crippen molar-refractivity contribution in [3.63, 3.8) is 0 Å². The van der Waals surface area contributed by atoms with Gasteiger partial charge in [0.2, 0.25) is 0 Å². The van der Waals surface area contributed by atoms with E-state index in [0.29, 0.717) is 22.6 Å². The minimum absolute atomic E-state index is 0.0221. The van der Waals surface area contributed by atoms with Gasteiger partial charge in [-0.15, -0.1) is 0 Å². The lowest BCUT2D eigenvalue weighted by Crippen LogP contribution is -2.41. The number of allylic oxidation sites excluding steroid dienone is 1. The molecule has 228 valence electrons. The SMILES string of the molecule is COC(=O)C1=C(C(=O)OC)N(c2cc(Oc3c(F)cc(C(F)(F)F)cc3F)c(Cl)cc2F)C(N)=C(C#N)C1c1ccccc1. The summed E-state index contributed by atoms with van der Waals surface area (Å²) in [5, 5.41) is 9.50. The Bertz CT molecular complexity index is 1750. The molecule has 0 aliphatic carbocycles. The van der Waals surface area contributed by atoms with Crippen molar-refractivity contribution in [3.05, 3.63) is 111 Å². The van der Waals surface area contributed by atoms with Gasteiger partial charge in [0.05, 0.1) is 53.6 Å². The zero-order valence-electron chi connectivity index (χ0n) is 22.4. The van der Waals surface area contributed by atoms with Crippen LogP contribution >= 0.6 is 11.6 Å². The van der Waals surface area contributed by atoms with Crippen molar-refractivity contribution < 1.29 is 50.1 Å². The molecule has 3 aromatic rings. The molecule has 0 bridgehead atoms. The quantitative estimate of drug-likeness (QED) is 0.242. The Morgan fingerprint density at radius 2 is 1.55 bits per heavy atom. The molecule has 0 radical (unpaired) electrons. The Morgan fingerprint density at radius 3 is 2.07 bits per heavy atom. The van der Waals surface area contributed by atoms with Crippen molar-refractivity contribution in [1.82, 2.24) is 0 Å². The third kappa shape index (κ3) is 5.73. The Hall–Kier alpha value is -5.16. The standard InChI is InChI=1S/C29H18ClF6N3O5/c1-42-27(40)23-22(13-6-4-3-5-7-13)15(12-37)26(38)39(24(23)28(41)43-2)20-11-21(16(30)10-17(20)31)44-25-18(32)8-14(9-19(25)33)29(34,35)36/h3-11,22H,38H2,1-2H3. The molecule has 0 amide bonds. The van der Waals surface area contributed by atoms with E-state index in [-0.39, 0.29) is 17.7 Å². The number of carbonyl (C=O) groups excluding carboxylic acids is 2. The summed E-state index contributed by atoms with van der Waals surface area (Å²) in [6, 6.07) is 11.0. The third-order valence-corrected chi connectivity index (χ3v) is 6.69. The summed E-state index contributed by atoms with van der Waals surface area (Å²) in [6.45, 7) is 0. The molecule has 1 unspecified atom stereocenters. The maximum Gasteiger partial charge on any atom is 0.416 e. The van der Waals surface area contributed by atoms with Crippen LogP contribution < -0.4 is 15.4 Å². The van der Waals surface area contributed by atoms with E-state index in [1.165, 1.54) is 12.1 Å². The number of nitrogens with zero attached hydrogens (tertiary/aromatic N) is 2. The average Bonchev–Trinajstić information content (AvgIpc) is 2.98. The number of hydrogen-bond donors (Lipinski definition) is 1. The van der Waals surface area contributed by atoms with E-state index in [4.69, 9.17) is 31.5 Å². The number of alkyl halides is 3. The fourth-order valence-electron chi connectivity index (χ4n) is 4.46. The Balaban J connectivity index is 1.98. The van der Waals surface area contributed by atoms with Crippen molar-refractivity contribution >= 4 is 29.2 Å². The van der Waals surface area contributed by atoms with Gasteiger partial charge in [-0.2, -0.15) is 18.4 Å². The summed E-state index contributed by atoms with van der Waals surface area (Å²) >= 11 is 6.04. The van der Waals surface area contributed by atoms with Gasteiger partial charge in [-0.25, -0.2) is 22.8 Å². The van der Waals surface area contributed by atoms with Crippen LogP contribution in [0.1, 0.15) is 17.0 Å². The molecule has 0 spiro atoms. The summed E-state index contributed by atoms with van der Waals surface area (Å²) in [5.41, 5.74) is 2.77. The molecule has 1 heterocycles. The van der Waals surface area contributed by atoms with Crippen molar-refractivity contribution in [3.8, 4) is 17.6 Å². The van der Waals surface area contributed by atoms with E-state index in [9.17, 15) is 36.8 Å². The number of nitrogens with two attached hydrogens (primary N) is 1. The van der Waals surface area contributed by atoms with Gasteiger partial charge in [0.15, 0.2) is 17.4 Å². The Labute approximate surface area is 250 Å². The molecule has 0 aromatic heterocycles. The summed E-state index contributed by atoms with van der Waals surface area (Å²) in [7, 11) is 1.94. The highest BCUT2D eigenvalue weighted by atomic mass is 35.5. The van der Waals surface area contributed by atoms with Crippen LogP contribution in [0.3, 0.4) is 0 Å². The molecule has 0 fully saturated rings. The van der Waals surface area contributed by atoms with Gasteiger partial charge in [0.25, 0.3) is 0 Å². The largest absolute Gasteiger partial charge is 0.466 e. The maximum atomic E-state index is 15.6. The highest BCUT2D eigenvalue weighted by molar-refractivity contribution is 6.32. The first-order chi connectivity index (χ1) is 20.7. The monoisotopic (exact) mass is 637 g/mol. The highest BCUT2D eigenvalue weighted by Crippen LogP contribution is 2.46. The highest BCUT2D eigenvalue weighted by Gasteiger charge is 2.44. The van der Waals surface area contributed by atoms with E-state index in [1.807, 2.05) is 6.07 Å². The number of halogens is 7. The predicted octanol–water partition coefficient (Wildman–Crippen LogP) is 6.47. The molecule has 4 rings (SSSR count). The lowest BCUT2D eigenvalue weighted by molar-refractivity contribution is -0.139. The van der Waals surface area contributed by atoms with Gasteiger partial charge in [0, 0.05) is 6.07 Å². The minimum Gasteiger partial charge on any atom is -0.466 e. The van der Waals surface area contributed by atoms with E-state index in [2.05, 4.69) is 0 Å². The lowest BCUT2D eigenvalue weighted by Gasteiger charge is -2.36.